The predicted octanol–water partition coefficient (Wildman–Crippen LogP) is 3.03. The molecule has 2 fully saturated rings. The highest BCUT2D eigenvalue weighted by molar-refractivity contribution is 5.96. The molecule has 2 aliphatic rings. The van der Waals surface area contributed by atoms with Crippen LogP contribution in [-0.4, -0.2) is 72.9 Å². The summed E-state index contributed by atoms with van der Waals surface area (Å²) in [5.74, 6) is 0.980. The van der Waals surface area contributed by atoms with Gasteiger partial charge >= 0.3 is 0 Å². The molecule has 4 rings (SSSR count). The Morgan fingerprint density at radius 2 is 1.71 bits per heavy atom. The number of carbonyl (C=O) groups excluding carboxylic acids is 2. The lowest BCUT2D eigenvalue weighted by Crippen LogP contribution is -2.47. The molecule has 0 bridgehead atoms. The van der Waals surface area contributed by atoms with Crippen LogP contribution >= 0.6 is 0 Å². The lowest BCUT2D eigenvalue weighted by Gasteiger charge is -2.32. The summed E-state index contributed by atoms with van der Waals surface area (Å²) >= 11 is 0. The second kappa shape index (κ2) is 9.64. The van der Waals surface area contributed by atoms with Gasteiger partial charge in [0.05, 0.1) is 5.52 Å². The molecule has 1 aromatic carbocycles. The first-order valence-corrected chi connectivity index (χ1v) is 11.4. The van der Waals surface area contributed by atoms with Gasteiger partial charge in [-0.25, -0.2) is 4.98 Å². The van der Waals surface area contributed by atoms with Crippen LogP contribution in [0.1, 0.15) is 37.7 Å². The first kappa shape index (κ1) is 21.6. The van der Waals surface area contributed by atoms with Gasteiger partial charge in [-0.3, -0.25) is 9.59 Å². The van der Waals surface area contributed by atoms with Crippen molar-refractivity contribution in [2.75, 3.05) is 56.5 Å². The van der Waals surface area contributed by atoms with Crippen LogP contribution in [0.2, 0.25) is 0 Å². The van der Waals surface area contributed by atoms with Crippen LogP contribution in [0.4, 0.5) is 11.5 Å². The Kier molecular flexibility index (Phi) is 6.70. The molecule has 0 atom stereocenters. The Labute approximate surface area is 184 Å². The summed E-state index contributed by atoms with van der Waals surface area (Å²) < 4.78 is 0. The second-order valence-electron chi connectivity index (χ2n) is 8.81. The van der Waals surface area contributed by atoms with Crippen LogP contribution in [-0.2, 0) is 9.59 Å². The van der Waals surface area contributed by atoms with Gasteiger partial charge in [0.15, 0.2) is 0 Å². The van der Waals surface area contributed by atoms with Crippen molar-refractivity contribution in [2.45, 2.75) is 39.0 Å². The number of benzene rings is 1. The average Bonchev–Trinajstić information content (AvgIpc) is 2.79. The number of rotatable bonds is 5. The molecule has 3 heterocycles. The molecule has 2 amide bonds. The van der Waals surface area contributed by atoms with Crippen molar-refractivity contribution in [3.63, 3.8) is 0 Å². The average molecular weight is 424 g/mol. The molecule has 0 radical (unpaired) electrons. The SMILES string of the molecule is Cc1cc(N2CCCCC2)nc2ccc(NC(=O)CCC(=O)N3CCN(C)CC3)cc12. The number of nitrogens with zero attached hydrogens (tertiary/aromatic N) is 4. The summed E-state index contributed by atoms with van der Waals surface area (Å²) in [6.45, 7) is 7.50. The first-order chi connectivity index (χ1) is 15.0. The third-order valence-corrected chi connectivity index (χ3v) is 6.39. The van der Waals surface area contributed by atoms with Gasteiger partial charge in [-0.2, -0.15) is 0 Å². The van der Waals surface area contributed by atoms with Crippen molar-refractivity contribution in [1.29, 1.82) is 0 Å². The number of likely N-dealkylation sites (N-methyl/N-ethyl adjacent to an activating group) is 1. The molecular weight excluding hydrogens is 390 g/mol. The maximum absolute atomic E-state index is 12.4. The number of amides is 2. The molecule has 7 nitrogen and oxygen atoms in total. The molecule has 1 aromatic heterocycles. The van der Waals surface area contributed by atoms with E-state index in [0.29, 0.717) is 0 Å². The number of fused-ring (bicyclic) bond motifs is 1. The molecule has 2 aliphatic heterocycles. The third-order valence-electron chi connectivity index (χ3n) is 6.39. The van der Waals surface area contributed by atoms with E-state index in [2.05, 4.69) is 35.2 Å². The minimum absolute atomic E-state index is 0.0621. The molecule has 0 saturated carbocycles. The van der Waals surface area contributed by atoms with Gasteiger partial charge in [0, 0.05) is 63.2 Å². The summed E-state index contributed by atoms with van der Waals surface area (Å²) in [7, 11) is 2.06. The van der Waals surface area contributed by atoms with Crippen molar-refractivity contribution < 1.29 is 9.59 Å². The normalized spacial score (nSPS) is 17.7. The Morgan fingerprint density at radius 3 is 2.45 bits per heavy atom. The number of pyridine rings is 1. The molecule has 166 valence electrons. The van der Waals surface area contributed by atoms with Crippen LogP contribution in [0.15, 0.2) is 24.3 Å². The zero-order valence-electron chi connectivity index (χ0n) is 18.7. The zero-order chi connectivity index (χ0) is 21.8. The van der Waals surface area contributed by atoms with Crippen LogP contribution in [0.5, 0.6) is 0 Å². The van der Waals surface area contributed by atoms with Gasteiger partial charge in [0.1, 0.15) is 5.82 Å². The monoisotopic (exact) mass is 423 g/mol. The van der Waals surface area contributed by atoms with Gasteiger partial charge in [-0.05, 0) is 63.1 Å². The third kappa shape index (κ3) is 5.34. The van der Waals surface area contributed by atoms with Crippen molar-refractivity contribution in [1.82, 2.24) is 14.8 Å². The van der Waals surface area contributed by atoms with E-state index in [1.165, 1.54) is 19.3 Å². The molecule has 0 aliphatic carbocycles. The number of carbonyl (C=O) groups is 2. The number of nitrogens with one attached hydrogen (secondary N) is 1. The van der Waals surface area contributed by atoms with Gasteiger partial charge in [-0.1, -0.05) is 0 Å². The van der Waals surface area contributed by atoms with Gasteiger partial charge in [0.25, 0.3) is 0 Å². The van der Waals surface area contributed by atoms with E-state index in [1.807, 2.05) is 23.1 Å². The first-order valence-electron chi connectivity index (χ1n) is 11.4. The van der Waals surface area contributed by atoms with E-state index >= 15 is 0 Å². The Balaban J connectivity index is 1.36. The quantitative estimate of drug-likeness (QED) is 0.801. The van der Waals surface area contributed by atoms with Crippen molar-refractivity contribution in [2.24, 2.45) is 0 Å². The molecule has 0 unspecified atom stereocenters. The Bertz CT molecular complexity index is 946. The summed E-state index contributed by atoms with van der Waals surface area (Å²) in [5, 5.41) is 4.00. The standard InChI is InChI=1S/C24H33N5O2/c1-18-16-22(28-10-4-3-5-11-28)26-21-7-6-19(17-20(18)21)25-23(30)8-9-24(31)29-14-12-27(2)13-15-29/h6-7,16-17H,3-5,8-15H2,1-2H3,(H,25,30). The lowest BCUT2D eigenvalue weighted by molar-refractivity contribution is -0.134. The number of piperazine rings is 1. The minimum atomic E-state index is -0.127. The highest BCUT2D eigenvalue weighted by Crippen LogP contribution is 2.27. The summed E-state index contributed by atoms with van der Waals surface area (Å²) in [5.41, 5.74) is 2.86. The number of hydrogen-bond donors (Lipinski definition) is 1. The molecule has 31 heavy (non-hydrogen) atoms. The number of aryl methyl sites for hydroxylation is 1. The number of piperidine rings is 1. The zero-order valence-corrected chi connectivity index (χ0v) is 18.7. The second-order valence-corrected chi connectivity index (χ2v) is 8.81. The summed E-state index contributed by atoms with van der Waals surface area (Å²) in [4.78, 5) is 36.1. The van der Waals surface area contributed by atoms with E-state index in [1.54, 1.807) is 0 Å². The fourth-order valence-electron chi connectivity index (χ4n) is 4.40. The highest BCUT2D eigenvalue weighted by atomic mass is 16.2. The number of anilines is 2. The fourth-order valence-corrected chi connectivity index (χ4v) is 4.40. The van der Waals surface area contributed by atoms with E-state index < -0.39 is 0 Å². The summed E-state index contributed by atoms with van der Waals surface area (Å²) in [6.07, 6.45) is 4.20. The van der Waals surface area contributed by atoms with Gasteiger partial charge in [-0.15, -0.1) is 0 Å². The maximum atomic E-state index is 12.4. The van der Waals surface area contributed by atoms with Crippen molar-refractivity contribution >= 4 is 34.2 Å². The van der Waals surface area contributed by atoms with Crippen molar-refractivity contribution in [3.8, 4) is 0 Å². The largest absolute Gasteiger partial charge is 0.357 e. The van der Waals surface area contributed by atoms with Crippen molar-refractivity contribution in [3.05, 3.63) is 29.8 Å². The van der Waals surface area contributed by atoms with Crippen LogP contribution in [0.25, 0.3) is 10.9 Å². The fraction of sp³-hybridized carbons (Fsp3) is 0.542. The van der Waals surface area contributed by atoms with Gasteiger partial charge < -0.3 is 20.0 Å². The Morgan fingerprint density at radius 1 is 0.968 bits per heavy atom. The lowest BCUT2D eigenvalue weighted by atomic mass is 10.1. The molecule has 0 spiro atoms. The molecule has 7 heteroatoms. The molecule has 2 aromatic rings. The van der Waals surface area contributed by atoms with E-state index in [0.717, 1.165) is 67.2 Å². The number of hydrogen-bond acceptors (Lipinski definition) is 5. The van der Waals surface area contributed by atoms with E-state index in [9.17, 15) is 9.59 Å². The molecule has 1 N–H and O–H groups in total. The summed E-state index contributed by atoms with van der Waals surface area (Å²) in [6, 6.07) is 8.00. The topological polar surface area (TPSA) is 68.8 Å². The van der Waals surface area contributed by atoms with Crippen LogP contribution in [0, 0.1) is 6.92 Å². The molecule has 2 saturated heterocycles. The minimum Gasteiger partial charge on any atom is -0.357 e. The predicted molar refractivity (Wildman–Crippen MR) is 124 cm³/mol. The number of aromatic nitrogens is 1. The molecular formula is C24H33N5O2. The Hall–Kier alpha value is -2.67. The van der Waals surface area contributed by atoms with E-state index in [-0.39, 0.29) is 24.7 Å². The van der Waals surface area contributed by atoms with E-state index in [4.69, 9.17) is 4.98 Å². The smallest absolute Gasteiger partial charge is 0.224 e. The highest BCUT2D eigenvalue weighted by Gasteiger charge is 2.20. The van der Waals surface area contributed by atoms with Gasteiger partial charge in [0.2, 0.25) is 11.8 Å². The van der Waals surface area contributed by atoms with Crippen LogP contribution < -0.4 is 10.2 Å². The van der Waals surface area contributed by atoms with Crippen LogP contribution in [0.3, 0.4) is 0 Å². The maximum Gasteiger partial charge on any atom is 0.224 e.